The second kappa shape index (κ2) is 10.4. The van der Waals surface area contributed by atoms with Crippen molar-refractivity contribution in [3.63, 3.8) is 0 Å². The highest BCUT2D eigenvalue weighted by molar-refractivity contribution is 6.42. The summed E-state index contributed by atoms with van der Waals surface area (Å²) in [6.07, 6.45) is 0. The van der Waals surface area contributed by atoms with Crippen LogP contribution in [0.5, 0.6) is 17.4 Å². The molecule has 33 heavy (non-hydrogen) atoms. The molecule has 9 nitrogen and oxygen atoms in total. The van der Waals surface area contributed by atoms with Crippen LogP contribution in [-0.2, 0) is 4.79 Å². The van der Waals surface area contributed by atoms with Gasteiger partial charge in [0, 0.05) is 6.07 Å². The summed E-state index contributed by atoms with van der Waals surface area (Å²) in [4.78, 5) is 12.0. The van der Waals surface area contributed by atoms with E-state index in [2.05, 4.69) is 20.6 Å². The molecule has 170 valence electrons. The molecule has 0 saturated carbocycles. The third-order valence-corrected chi connectivity index (χ3v) is 5.34. The molecule has 0 aliphatic heterocycles. The molecule has 0 saturated heterocycles. The van der Waals surface area contributed by atoms with E-state index in [1.807, 2.05) is 24.3 Å². The number of rotatable bonds is 9. The maximum atomic E-state index is 12.0. The van der Waals surface area contributed by atoms with E-state index in [1.165, 1.54) is 0 Å². The summed E-state index contributed by atoms with van der Waals surface area (Å²) in [5, 5.41) is 16.1. The maximum Gasteiger partial charge on any atom is 0.258 e. The molecule has 1 N–H and O–H groups in total. The predicted octanol–water partition coefficient (Wildman–Crippen LogP) is 3.68. The van der Waals surface area contributed by atoms with Crippen molar-refractivity contribution in [2.75, 3.05) is 26.9 Å². The Bertz CT molecular complexity index is 1280. The predicted molar refractivity (Wildman–Crippen MR) is 123 cm³/mol. The summed E-state index contributed by atoms with van der Waals surface area (Å²) in [6.45, 7) is 0.258. The first-order valence-corrected chi connectivity index (χ1v) is 10.6. The number of amides is 1. The minimum atomic E-state index is -0.324. The number of ether oxygens (including phenoxy) is 3. The number of carbonyl (C=O) groups is 1. The quantitative estimate of drug-likeness (QED) is 0.359. The smallest absolute Gasteiger partial charge is 0.258 e. The molecule has 0 radical (unpaired) electrons. The van der Waals surface area contributed by atoms with Crippen LogP contribution in [0.3, 0.4) is 0 Å². The van der Waals surface area contributed by atoms with Gasteiger partial charge >= 0.3 is 0 Å². The van der Waals surface area contributed by atoms with Gasteiger partial charge in [0.1, 0.15) is 23.1 Å². The van der Waals surface area contributed by atoms with Crippen molar-refractivity contribution in [2.24, 2.45) is 0 Å². The van der Waals surface area contributed by atoms with Gasteiger partial charge in [-0.2, -0.15) is 4.52 Å². The van der Waals surface area contributed by atoms with Gasteiger partial charge in [0.15, 0.2) is 18.1 Å². The lowest BCUT2D eigenvalue weighted by molar-refractivity contribution is -0.123. The van der Waals surface area contributed by atoms with Gasteiger partial charge < -0.3 is 19.5 Å². The van der Waals surface area contributed by atoms with E-state index in [1.54, 1.807) is 42.0 Å². The Kier molecular flexibility index (Phi) is 7.11. The van der Waals surface area contributed by atoms with Gasteiger partial charge in [-0.25, -0.2) is 0 Å². The van der Waals surface area contributed by atoms with Gasteiger partial charge in [-0.1, -0.05) is 41.4 Å². The zero-order valence-corrected chi connectivity index (χ0v) is 19.0. The summed E-state index contributed by atoms with van der Waals surface area (Å²) in [5.74, 6) is 1.56. The summed E-state index contributed by atoms with van der Waals surface area (Å²) in [6, 6.07) is 15.9. The minimum Gasteiger partial charge on any atom is -0.496 e. The highest BCUT2D eigenvalue weighted by atomic mass is 35.5. The Morgan fingerprint density at radius 3 is 2.67 bits per heavy atom. The van der Waals surface area contributed by atoms with Gasteiger partial charge in [0.05, 0.1) is 24.2 Å². The van der Waals surface area contributed by atoms with Gasteiger partial charge in [-0.05, 0) is 30.3 Å². The third-order valence-electron chi connectivity index (χ3n) is 4.54. The number of halogens is 2. The van der Waals surface area contributed by atoms with Crippen LogP contribution in [0.2, 0.25) is 10.0 Å². The Balaban J connectivity index is 1.32. The van der Waals surface area contributed by atoms with E-state index in [-0.39, 0.29) is 30.7 Å². The van der Waals surface area contributed by atoms with E-state index in [4.69, 9.17) is 37.4 Å². The van der Waals surface area contributed by atoms with E-state index in [0.29, 0.717) is 33.9 Å². The van der Waals surface area contributed by atoms with E-state index >= 15 is 0 Å². The standard InChI is InChI=1S/C22H19Cl2N5O4/c1-31-16-7-3-2-5-14(16)22-27-26-18-9-10-20(28-29(18)22)32-12-11-25-19(30)13-33-17-8-4-6-15(23)21(17)24/h2-10H,11-13H2,1H3,(H,25,30). The van der Waals surface area contributed by atoms with Crippen molar-refractivity contribution in [1.29, 1.82) is 0 Å². The highest BCUT2D eigenvalue weighted by Crippen LogP contribution is 2.31. The Morgan fingerprint density at radius 2 is 1.82 bits per heavy atom. The molecule has 2 aromatic heterocycles. The number of nitrogens with zero attached hydrogens (tertiary/aromatic N) is 4. The number of methoxy groups -OCH3 is 1. The second-order valence-corrected chi connectivity index (χ2v) is 7.49. The second-order valence-electron chi connectivity index (χ2n) is 6.70. The highest BCUT2D eigenvalue weighted by Gasteiger charge is 2.14. The van der Waals surface area contributed by atoms with Gasteiger partial charge in [-0.15, -0.1) is 15.3 Å². The zero-order chi connectivity index (χ0) is 23.2. The van der Waals surface area contributed by atoms with Crippen molar-refractivity contribution in [1.82, 2.24) is 25.1 Å². The largest absolute Gasteiger partial charge is 0.496 e. The van der Waals surface area contributed by atoms with Crippen LogP contribution >= 0.6 is 23.2 Å². The number of benzene rings is 2. The number of fused-ring (bicyclic) bond motifs is 1. The number of aromatic nitrogens is 4. The molecule has 4 aromatic rings. The van der Waals surface area contributed by atoms with Crippen LogP contribution in [0.4, 0.5) is 0 Å². The van der Waals surface area contributed by atoms with Crippen LogP contribution in [-0.4, -0.2) is 52.6 Å². The van der Waals surface area contributed by atoms with Gasteiger partial charge in [0.25, 0.3) is 5.91 Å². The Hall–Kier alpha value is -3.56. The van der Waals surface area contributed by atoms with Crippen LogP contribution in [0, 0.1) is 0 Å². The molecule has 4 rings (SSSR count). The minimum absolute atomic E-state index is 0.201. The number of para-hydroxylation sites is 1. The third kappa shape index (κ3) is 5.27. The molecule has 2 aromatic carbocycles. The van der Waals surface area contributed by atoms with Crippen LogP contribution < -0.4 is 19.5 Å². The van der Waals surface area contributed by atoms with Crippen molar-refractivity contribution in [3.8, 4) is 28.8 Å². The Morgan fingerprint density at radius 1 is 1.00 bits per heavy atom. The zero-order valence-electron chi connectivity index (χ0n) is 17.5. The summed E-state index contributed by atoms with van der Waals surface area (Å²) < 4.78 is 18.0. The lowest BCUT2D eigenvalue weighted by atomic mass is 10.2. The van der Waals surface area contributed by atoms with E-state index in [9.17, 15) is 4.79 Å². The average molecular weight is 488 g/mol. The average Bonchev–Trinajstić information content (AvgIpc) is 3.26. The normalized spacial score (nSPS) is 10.8. The monoisotopic (exact) mass is 487 g/mol. The molecule has 0 spiro atoms. The van der Waals surface area contributed by atoms with Crippen LogP contribution in [0.25, 0.3) is 17.0 Å². The van der Waals surface area contributed by atoms with Crippen molar-refractivity contribution in [2.45, 2.75) is 0 Å². The SMILES string of the molecule is COc1ccccc1-c1nnc2ccc(OCCNC(=O)COc3cccc(Cl)c3Cl)nn12. The number of nitrogens with one attached hydrogen (secondary N) is 1. The fourth-order valence-corrected chi connectivity index (χ4v) is 3.33. The maximum absolute atomic E-state index is 12.0. The lowest BCUT2D eigenvalue weighted by Crippen LogP contribution is -2.32. The molecule has 0 aliphatic rings. The molecular formula is C22H19Cl2N5O4. The van der Waals surface area contributed by atoms with Crippen molar-refractivity contribution in [3.05, 3.63) is 64.6 Å². The van der Waals surface area contributed by atoms with Crippen LogP contribution in [0.15, 0.2) is 54.6 Å². The number of carbonyl (C=O) groups excluding carboxylic acids is 1. The molecule has 11 heteroatoms. The number of hydrogen-bond acceptors (Lipinski definition) is 7. The first-order valence-electron chi connectivity index (χ1n) is 9.89. The van der Waals surface area contributed by atoms with Crippen molar-refractivity contribution < 1.29 is 19.0 Å². The van der Waals surface area contributed by atoms with E-state index < -0.39 is 0 Å². The number of hydrogen-bond donors (Lipinski definition) is 1. The first-order chi connectivity index (χ1) is 16.1. The van der Waals surface area contributed by atoms with Crippen LogP contribution in [0.1, 0.15) is 0 Å². The first kappa shape index (κ1) is 22.6. The van der Waals surface area contributed by atoms with Gasteiger partial charge in [0.2, 0.25) is 5.88 Å². The molecule has 0 fully saturated rings. The summed E-state index contributed by atoms with van der Waals surface area (Å²) in [7, 11) is 1.59. The molecular weight excluding hydrogens is 469 g/mol. The summed E-state index contributed by atoms with van der Waals surface area (Å²) >= 11 is 12.0. The molecule has 0 aliphatic carbocycles. The molecule has 0 bridgehead atoms. The molecule has 0 unspecified atom stereocenters. The van der Waals surface area contributed by atoms with E-state index in [0.717, 1.165) is 5.56 Å². The molecule has 0 atom stereocenters. The topological polar surface area (TPSA) is 99.9 Å². The fraction of sp³-hybridized carbons (Fsp3) is 0.182. The van der Waals surface area contributed by atoms with Gasteiger partial charge in [-0.3, -0.25) is 4.79 Å². The molecule has 1 amide bonds. The van der Waals surface area contributed by atoms with Crippen molar-refractivity contribution >= 4 is 34.8 Å². The molecule has 2 heterocycles. The summed E-state index contributed by atoms with van der Waals surface area (Å²) in [5.41, 5.74) is 1.32. The Labute approximate surface area is 199 Å². The lowest BCUT2D eigenvalue weighted by Gasteiger charge is -2.10. The fourth-order valence-electron chi connectivity index (χ4n) is 2.98.